The summed E-state index contributed by atoms with van der Waals surface area (Å²) in [5, 5.41) is 0. The Morgan fingerprint density at radius 3 is 2.67 bits per heavy atom. The third-order valence-electron chi connectivity index (χ3n) is 2.43. The van der Waals surface area contributed by atoms with Crippen molar-refractivity contribution in [2.24, 2.45) is 0 Å². The summed E-state index contributed by atoms with van der Waals surface area (Å²) in [6.45, 7) is 6.29. The molecule has 0 fully saturated rings. The lowest BCUT2D eigenvalue weighted by molar-refractivity contribution is 1.01. The third kappa shape index (κ3) is 1.77. The van der Waals surface area contributed by atoms with Gasteiger partial charge in [-0.2, -0.15) is 0 Å². The van der Waals surface area contributed by atoms with Gasteiger partial charge in [-0.3, -0.25) is 0 Å². The Balaban J connectivity index is 2.53. The molecule has 0 spiro atoms. The summed E-state index contributed by atoms with van der Waals surface area (Å²) >= 11 is 1.78. The molecule has 2 heterocycles. The lowest BCUT2D eigenvalue weighted by atomic mass is 10.2. The zero-order valence-corrected chi connectivity index (χ0v) is 10.1. The number of nitrogen functional groups attached to an aromatic ring is 1. The fraction of sp³-hybridized carbons (Fsp3) is 0.364. The fourth-order valence-corrected chi connectivity index (χ4v) is 2.59. The number of rotatable bonds is 2. The molecule has 0 aromatic carbocycles. The van der Waals surface area contributed by atoms with Crippen molar-refractivity contribution in [2.45, 2.75) is 27.2 Å². The summed E-state index contributed by atoms with van der Waals surface area (Å²) in [4.78, 5) is 7.08. The van der Waals surface area contributed by atoms with Crippen molar-refractivity contribution in [2.75, 3.05) is 5.84 Å². The van der Waals surface area contributed by atoms with Crippen LogP contribution in [0.4, 0.5) is 0 Å². The van der Waals surface area contributed by atoms with Crippen LogP contribution in [0.3, 0.4) is 0 Å². The minimum Gasteiger partial charge on any atom is -0.338 e. The van der Waals surface area contributed by atoms with Gasteiger partial charge in [0.1, 0.15) is 0 Å². The van der Waals surface area contributed by atoms with Crippen LogP contribution >= 0.6 is 11.3 Å². The second-order valence-electron chi connectivity index (χ2n) is 3.64. The number of aromatic nitrogens is 2. The standard InChI is InChI=1S/C11H15N3S/c1-4-9-6-14(12)11(13-9)10-5-7(2)15-8(10)3/h5-6H,4,12H2,1-3H3. The largest absolute Gasteiger partial charge is 0.338 e. The normalized spacial score (nSPS) is 10.9. The van der Waals surface area contributed by atoms with Crippen molar-refractivity contribution in [1.29, 1.82) is 0 Å². The van der Waals surface area contributed by atoms with E-state index >= 15 is 0 Å². The molecule has 3 nitrogen and oxygen atoms in total. The molecule has 0 bridgehead atoms. The zero-order chi connectivity index (χ0) is 11.0. The quantitative estimate of drug-likeness (QED) is 0.792. The number of thiophene rings is 1. The molecule has 15 heavy (non-hydrogen) atoms. The highest BCUT2D eigenvalue weighted by Crippen LogP contribution is 2.29. The molecule has 0 saturated carbocycles. The van der Waals surface area contributed by atoms with E-state index in [1.807, 2.05) is 6.20 Å². The molecule has 0 atom stereocenters. The molecular weight excluding hydrogens is 206 g/mol. The van der Waals surface area contributed by atoms with Crippen LogP contribution in [0.2, 0.25) is 0 Å². The van der Waals surface area contributed by atoms with Crippen LogP contribution in [-0.2, 0) is 6.42 Å². The number of hydrogen-bond donors (Lipinski definition) is 1. The van der Waals surface area contributed by atoms with Crippen molar-refractivity contribution in [3.63, 3.8) is 0 Å². The van der Waals surface area contributed by atoms with Crippen molar-refractivity contribution >= 4 is 11.3 Å². The monoisotopic (exact) mass is 221 g/mol. The Morgan fingerprint density at radius 2 is 2.20 bits per heavy atom. The smallest absolute Gasteiger partial charge is 0.159 e. The van der Waals surface area contributed by atoms with Crippen LogP contribution in [0.25, 0.3) is 11.4 Å². The first-order chi connectivity index (χ1) is 7.11. The SMILES string of the molecule is CCc1cn(N)c(-c2cc(C)sc2C)n1. The molecule has 2 aromatic rings. The minimum absolute atomic E-state index is 0.869. The van der Waals surface area contributed by atoms with Gasteiger partial charge in [0.05, 0.1) is 5.69 Å². The maximum Gasteiger partial charge on any atom is 0.159 e. The van der Waals surface area contributed by atoms with Crippen molar-refractivity contribution in [3.05, 3.63) is 27.7 Å². The van der Waals surface area contributed by atoms with E-state index in [2.05, 4.69) is 31.8 Å². The Labute approximate surface area is 93.5 Å². The van der Waals surface area contributed by atoms with Gasteiger partial charge in [-0.1, -0.05) is 6.92 Å². The lowest BCUT2D eigenvalue weighted by Crippen LogP contribution is -2.08. The fourth-order valence-electron chi connectivity index (χ4n) is 1.67. The molecule has 0 aliphatic heterocycles. The van der Waals surface area contributed by atoms with Crippen LogP contribution in [0.1, 0.15) is 22.4 Å². The topological polar surface area (TPSA) is 43.8 Å². The first kappa shape index (κ1) is 10.2. The van der Waals surface area contributed by atoms with Gasteiger partial charge in [0.25, 0.3) is 0 Å². The predicted octanol–water partition coefficient (Wildman–Crippen LogP) is 2.50. The van der Waals surface area contributed by atoms with E-state index in [4.69, 9.17) is 5.84 Å². The highest BCUT2D eigenvalue weighted by atomic mass is 32.1. The second kappa shape index (κ2) is 3.70. The predicted molar refractivity (Wildman–Crippen MR) is 64.5 cm³/mol. The molecular formula is C11H15N3S. The average molecular weight is 221 g/mol. The third-order valence-corrected chi connectivity index (χ3v) is 3.39. The minimum atomic E-state index is 0.869. The van der Waals surface area contributed by atoms with Gasteiger partial charge >= 0.3 is 0 Å². The van der Waals surface area contributed by atoms with Crippen molar-refractivity contribution in [3.8, 4) is 11.4 Å². The average Bonchev–Trinajstić information content (AvgIpc) is 2.69. The van der Waals surface area contributed by atoms with Crippen LogP contribution in [0.5, 0.6) is 0 Å². The van der Waals surface area contributed by atoms with Gasteiger partial charge in [-0.05, 0) is 26.3 Å². The second-order valence-corrected chi connectivity index (χ2v) is 5.10. The van der Waals surface area contributed by atoms with E-state index < -0.39 is 0 Å². The number of nitrogens with two attached hydrogens (primary N) is 1. The van der Waals surface area contributed by atoms with Gasteiger partial charge in [-0.25, -0.2) is 9.66 Å². The van der Waals surface area contributed by atoms with Crippen LogP contribution in [0.15, 0.2) is 12.3 Å². The molecule has 80 valence electrons. The Morgan fingerprint density at radius 1 is 1.47 bits per heavy atom. The first-order valence-electron chi connectivity index (χ1n) is 5.02. The number of nitrogens with zero attached hydrogens (tertiary/aromatic N) is 2. The highest BCUT2D eigenvalue weighted by Gasteiger charge is 2.12. The van der Waals surface area contributed by atoms with Gasteiger partial charge in [0.15, 0.2) is 5.82 Å². The number of aryl methyl sites for hydroxylation is 3. The van der Waals surface area contributed by atoms with E-state index in [1.54, 1.807) is 16.0 Å². The maximum atomic E-state index is 5.89. The molecule has 2 aromatic heterocycles. The van der Waals surface area contributed by atoms with E-state index in [9.17, 15) is 0 Å². The van der Waals surface area contributed by atoms with Crippen LogP contribution in [-0.4, -0.2) is 9.66 Å². The van der Waals surface area contributed by atoms with Crippen molar-refractivity contribution < 1.29 is 0 Å². The van der Waals surface area contributed by atoms with Gasteiger partial charge in [0, 0.05) is 21.5 Å². The first-order valence-corrected chi connectivity index (χ1v) is 5.84. The Hall–Kier alpha value is -1.29. The Bertz CT molecular complexity index is 482. The summed E-state index contributed by atoms with van der Waals surface area (Å²) in [5.41, 5.74) is 2.19. The summed E-state index contributed by atoms with van der Waals surface area (Å²) < 4.78 is 1.62. The van der Waals surface area contributed by atoms with Gasteiger partial charge < -0.3 is 5.84 Å². The molecule has 2 N–H and O–H groups in total. The molecule has 0 radical (unpaired) electrons. The van der Waals surface area contributed by atoms with E-state index in [-0.39, 0.29) is 0 Å². The lowest BCUT2D eigenvalue weighted by Gasteiger charge is -1.98. The van der Waals surface area contributed by atoms with E-state index in [1.165, 1.54) is 9.75 Å². The number of imidazole rings is 1. The highest BCUT2D eigenvalue weighted by molar-refractivity contribution is 7.12. The molecule has 0 amide bonds. The van der Waals surface area contributed by atoms with Gasteiger partial charge in [-0.15, -0.1) is 11.3 Å². The maximum absolute atomic E-state index is 5.89. The zero-order valence-electron chi connectivity index (χ0n) is 9.24. The molecule has 0 unspecified atom stereocenters. The molecule has 0 aliphatic carbocycles. The molecule has 0 aliphatic rings. The van der Waals surface area contributed by atoms with Crippen LogP contribution in [0, 0.1) is 13.8 Å². The Kier molecular flexibility index (Phi) is 2.52. The summed E-state index contributed by atoms with van der Waals surface area (Å²) in [6, 6.07) is 2.14. The summed E-state index contributed by atoms with van der Waals surface area (Å²) in [7, 11) is 0. The van der Waals surface area contributed by atoms with Gasteiger partial charge in [0.2, 0.25) is 0 Å². The summed E-state index contributed by atoms with van der Waals surface area (Å²) in [5.74, 6) is 6.76. The summed E-state index contributed by atoms with van der Waals surface area (Å²) in [6.07, 6.45) is 2.81. The van der Waals surface area contributed by atoms with E-state index in [0.717, 1.165) is 23.5 Å². The van der Waals surface area contributed by atoms with E-state index in [0.29, 0.717) is 0 Å². The van der Waals surface area contributed by atoms with Crippen LogP contribution < -0.4 is 5.84 Å². The number of hydrogen-bond acceptors (Lipinski definition) is 3. The molecule has 2 rings (SSSR count). The van der Waals surface area contributed by atoms with Crippen molar-refractivity contribution in [1.82, 2.24) is 9.66 Å². The molecule has 0 saturated heterocycles. The molecule has 4 heteroatoms.